The van der Waals surface area contributed by atoms with Crippen molar-refractivity contribution in [3.63, 3.8) is 0 Å². The van der Waals surface area contributed by atoms with E-state index in [4.69, 9.17) is 10.3 Å². The molecule has 0 radical (unpaired) electrons. The zero-order valence-corrected chi connectivity index (χ0v) is 11.6. The monoisotopic (exact) mass is 289 g/mol. The average molecular weight is 289 g/mol. The molecule has 2 heterocycles. The Morgan fingerprint density at radius 2 is 2.16 bits per heavy atom. The zero-order valence-electron chi connectivity index (χ0n) is 9.95. The molecular weight excluding hydrogens is 278 g/mol. The van der Waals surface area contributed by atoms with Crippen molar-refractivity contribution in [3.05, 3.63) is 47.0 Å². The number of nitrogens with two attached hydrogens (primary N) is 1. The van der Waals surface area contributed by atoms with Crippen LogP contribution in [0.4, 0.5) is 5.69 Å². The van der Waals surface area contributed by atoms with Gasteiger partial charge < -0.3 is 10.3 Å². The first kappa shape index (κ1) is 12.3. The molecule has 0 saturated carbocycles. The third-order valence-electron chi connectivity index (χ3n) is 2.52. The lowest BCUT2D eigenvalue weighted by molar-refractivity contribution is 0.391. The summed E-state index contributed by atoms with van der Waals surface area (Å²) in [7, 11) is 0. The summed E-state index contributed by atoms with van der Waals surface area (Å²) in [6.07, 6.45) is 0. The lowest BCUT2D eigenvalue weighted by Crippen LogP contribution is -1.88. The fraction of sp³-hybridized carbons (Fsp3) is 0.0769. The highest BCUT2D eigenvalue weighted by Gasteiger charge is 2.09. The van der Waals surface area contributed by atoms with Crippen LogP contribution in [0.15, 0.2) is 50.5 Å². The van der Waals surface area contributed by atoms with Crippen LogP contribution in [0.5, 0.6) is 0 Å². The summed E-state index contributed by atoms with van der Waals surface area (Å²) in [4.78, 5) is 5.39. The number of rotatable bonds is 4. The summed E-state index contributed by atoms with van der Waals surface area (Å²) in [6.45, 7) is 0. The normalized spacial score (nSPS) is 10.7. The molecule has 19 heavy (non-hydrogen) atoms. The van der Waals surface area contributed by atoms with Crippen molar-refractivity contribution < 1.29 is 4.52 Å². The van der Waals surface area contributed by atoms with Gasteiger partial charge in [-0.05, 0) is 23.6 Å². The van der Waals surface area contributed by atoms with Crippen LogP contribution in [0, 0.1) is 0 Å². The van der Waals surface area contributed by atoms with Crippen molar-refractivity contribution in [2.24, 2.45) is 0 Å². The van der Waals surface area contributed by atoms with Gasteiger partial charge in [0.15, 0.2) is 0 Å². The minimum Gasteiger partial charge on any atom is -0.398 e. The molecule has 0 spiro atoms. The standard InChI is InChI=1S/C13H11N3OS2/c14-10-3-1-2-4-11(10)19-8-12-15-13(16-17-12)9-5-6-18-7-9/h1-7H,8,14H2. The summed E-state index contributed by atoms with van der Waals surface area (Å²) in [6, 6.07) is 9.72. The van der Waals surface area contributed by atoms with Gasteiger partial charge >= 0.3 is 0 Å². The summed E-state index contributed by atoms with van der Waals surface area (Å²) in [5.41, 5.74) is 7.64. The molecule has 2 N–H and O–H groups in total. The number of thiophene rings is 1. The van der Waals surface area contributed by atoms with Gasteiger partial charge in [0.25, 0.3) is 0 Å². The first-order chi connectivity index (χ1) is 9.33. The lowest BCUT2D eigenvalue weighted by Gasteiger charge is -2.01. The van der Waals surface area contributed by atoms with E-state index in [1.807, 2.05) is 41.1 Å². The molecule has 0 aliphatic heterocycles. The topological polar surface area (TPSA) is 64.9 Å². The van der Waals surface area contributed by atoms with Crippen molar-refractivity contribution in [2.75, 3.05) is 5.73 Å². The van der Waals surface area contributed by atoms with Gasteiger partial charge in [0.2, 0.25) is 11.7 Å². The van der Waals surface area contributed by atoms with Crippen molar-refractivity contribution in [3.8, 4) is 11.4 Å². The number of hydrogen-bond donors (Lipinski definition) is 1. The van der Waals surface area contributed by atoms with Crippen LogP contribution >= 0.6 is 23.1 Å². The van der Waals surface area contributed by atoms with E-state index in [2.05, 4.69) is 10.1 Å². The second-order valence-electron chi connectivity index (χ2n) is 3.85. The van der Waals surface area contributed by atoms with E-state index in [1.165, 1.54) is 0 Å². The van der Waals surface area contributed by atoms with E-state index in [9.17, 15) is 0 Å². The summed E-state index contributed by atoms with van der Waals surface area (Å²) in [5, 5.41) is 7.96. The highest BCUT2D eigenvalue weighted by Crippen LogP contribution is 2.28. The van der Waals surface area contributed by atoms with Crippen LogP contribution in [-0.2, 0) is 5.75 Å². The Labute approximate surface area is 118 Å². The molecular formula is C13H11N3OS2. The molecule has 0 saturated heterocycles. The molecule has 0 bridgehead atoms. The van der Waals surface area contributed by atoms with E-state index in [-0.39, 0.29) is 0 Å². The smallest absolute Gasteiger partial charge is 0.237 e. The molecule has 4 nitrogen and oxygen atoms in total. The van der Waals surface area contributed by atoms with E-state index in [0.717, 1.165) is 16.1 Å². The molecule has 3 aromatic rings. The maximum atomic E-state index is 5.88. The molecule has 0 atom stereocenters. The molecule has 96 valence electrons. The van der Waals surface area contributed by atoms with Crippen LogP contribution in [0.25, 0.3) is 11.4 Å². The molecule has 0 aliphatic carbocycles. The summed E-state index contributed by atoms with van der Waals surface area (Å²) >= 11 is 3.20. The van der Waals surface area contributed by atoms with Gasteiger partial charge in [-0.2, -0.15) is 16.3 Å². The predicted molar refractivity (Wildman–Crippen MR) is 78.0 cm³/mol. The molecule has 6 heteroatoms. The van der Waals surface area contributed by atoms with Gasteiger partial charge in [-0.1, -0.05) is 17.3 Å². The highest BCUT2D eigenvalue weighted by atomic mass is 32.2. The molecule has 0 unspecified atom stereocenters. The molecule has 0 aliphatic rings. The Kier molecular flexibility index (Phi) is 3.52. The largest absolute Gasteiger partial charge is 0.398 e. The number of thioether (sulfide) groups is 1. The maximum absolute atomic E-state index is 5.88. The van der Waals surface area contributed by atoms with Gasteiger partial charge in [-0.3, -0.25) is 0 Å². The SMILES string of the molecule is Nc1ccccc1SCc1nc(-c2ccsc2)no1. The first-order valence-electron chi connectivity index (χ1n) is 5.65. The van der Waals surface area contributed by atoms with Crippen LogP contribution < -0.4 is 5.73 Å². The van der Waals surface area contributed by atoms with Gasteiger partial charge in [0, 0.05) is 21.5 Å². The lowest BCUT2D eigenvalue weighted by atomic mass is 10.3. The van der Waals surface area contributed by atoms with Crippen LogP contribution in [-0.4, -0.2) is 10.1 Å². The zero-order chi connectivity index (χ0) is 13.1. The fourth-order valence-corrected chi connectivity index (χ4v) is 3.01. The van der Waals surface area contributed by atoms with Crippen molar-refractivity contribution >= 4 is 28.8 Å². The highest BCUT2D eigenvalue weighted by molar-refractivity contribution is 7.98. The molecule has 2 aromatic heterocycles. The Bertz CT molecular complexity index is 664. The maximum Gasteiger partial charge on any atom is 0.237 e. The minimum absolute atomic E-state index is 0.606. The molecule has 0 fully saturated rings. The van der Waals surface area contributed by atoms with Crippen LogP contribution in [0.3, 0.4) is 0 Å². The fourth-order valence-electron chi connectivity index (χ4n) is 1.57. The van der Waals surface area contributed by atoms with Gasteiger partial charge in [-0.25, -0.2) is 0 Å². The van der Waals surface area contributed by atoms with Crippen molar-refractivity contribution in [1.29, 1.82) is 0 Å². The van der Waals surface area contributed by atoms with Gasteiger partial charge in [0.05, 0.1) is 5.75 Å². The number of nitrogen functional groups attached to an aromatic ring is 1. The van der Waals surface area contributed by atoms with Crippen LogP contribution in [0.2, 0.25) is 0 Å². The molecule has 3 rings (SSSR count). The van der Waals surface area contributed by atoms with E-state index < -0.39 is 0 Å². The number of anilines is 1. The van der Waals surface area contributed by atoms with Crippen LogP contribution in [0.1, 0.15) is 5.89 Å². The number of aromatic nitrogens is 2. The Morgan fingerprint density at radius 3 is 2.95 bits per heavy atom. The second-order valence-corrected chi connectivity index (χ2v) is 5.65. The minimum atomic E-state index is 0.606. The average Bonchev–Trinajstić information content (AvgIpc) is 3.09. The van der Waals surface area contributed by atoms with Gasteiger partial charge in [0.1, 0.15) is 0 Å². The Hall–Kier alpha value is -1.79. The first-order valence-corrected chi connectivity index (χ1v) is 7.58. The Balaban J connectivity index is 1.70. The second kappa shape index (κ2) is 5.46. The third-order valence-corrected chi connectivity index (χ3v) is 4.27. The number of para-hydroxylation sites is 1. The number of benzene rings is 1. The predicted octanol–water partition coefficient (Wildman–Crippen LogP) is 3.67. The quantitative estimate of drug-likeness (QED) is 0.586. The van der Waals surface area contributed by atoms with E-state index >= 15 is 0 Å². The van der Waals surface area contributed by atoms with Gasteiger partial charge in [-0.15, -0.1) is 11.8 Å². The van der Waals surface area contributed by atoms with Crippen molar-refractivity contribution in [2.45, 2.75) is 10.6 Å². The summed E-state index contributed by atoms with van der Waals surface area (Å²) in [5.74, 6) is 1.86. The Morgan fingerprint density at radius 1 is 1.26 bits per heavy atom. The van der Waals surface area contributed by atoms with Crippen molar-refractivity contribution in [1.82, 2.24) is 10.1 Å². The molecule has 1 aromatic carbocycles. The van der Waals surface area contributed by atoms with E-state index in [0.29, 0.717) is 17.5 Å². The summed E-state index contributed by atoms with van der Waals surface area (Å²) < 4.78 is 5.23. The van der Waals surface area contributed by atoms with E-state index in [1.54, 1.807) is 23.1 Å². The number of hydrogen-bond acceptors (Lipinski definition) is 6. The number of nitrogens with zero attached hydrogens (tertiary/aromatic N) is 2. The molecule has 0 amide bonds. The third kappa shape index (κ3) is 2.80.